The van der Waals surface area contributed by atoms with Crippen molar-refractivity contribution in [3.8, 4) is 0 Å². The van der Waals surface area contributed by atoms with E-state index in [4.69, 9.17) is 0 Å². The first-order valence-corrected chi connectivity index (χ1v) is 7.39. The van der Waals surface area contributed by atoms with E-state index in [0.29, 0.717) is 13.0 Å². The first kappa shape index (κ1) is 15.5. The third kappa shape index (κ3) is 3.26. The molecule has 0 spiro atoms. The number of carbonyl (C=O) groups excluding carboxylic acids is 2. The fraction of sp³-hybridized carbons (Fsp3) is 0.529. The molecule has 1 aliphatic rings. The number of amides is 2. The second-order valence-electron chi connectivity index (χ2n) is 6.59. The molecule has 0 saturated carbocycles. The highest BCUT2D eigenvalue weighted by molar-refractivity contribution is 5.93. The van der Waals surface area contributed by atoms with Crippen LogP contribution in [-0.4, -0.2) is 28.3 Å². The van der Waals surface area contributed by atoms with Crippen LogP contribution in [0, 0.1) is 13.8 Å². The summed E-state index contributed by atoms with van der Waals surface area (Å²) < 4.78 is 0. The van der Waals surface area contributed by atoms with Gasteiger partial charge in [0.15, 0.2) is 0 Å². The number of rotatable bonds is 2. The molecular weight excluding hydrogens is 264 g/mol. The average Bonchev–Trinajstić information content (AvgIpc) is 2.43. The summed E-state index contributed by atoms with van der Waals surface area (Å²) in [6.45, 7) is 10.1. The maximum absolute atomic E-state index is 12.7. The van der Waals surface area contributed by atoms with Gasteiger partial charge in [-0.2, -0.15) is 0 Å². The third-order valence-corrected chi connectivity index (χ3v) is 4.11. The predicted octanol–water partition coefficient (Wildman–Crippen LogP) is 2.32. The molecule has 1 N–H and O–H groups in total. The maximum Gasteiger partial charge on any atom is 0.248 e. The molecule has 1 aromatic rings. The fourth-order valence-corrected chi connectivity index (χ4v) is 2.77. The highest BCUT2D eigenvalue weighted by Gasteiger charge is 2.39. The molecule has 1 fully saturated rings. The van der Waals surface area contributed by atoms with Crippen molar-refractivity contribution in [2.45, 2.75) is 59.2 Å². The van der Waals surface area contributed by atoms with Gasteiger partial charge in [0.2, 0.25) is 11.8 Å². The zero-order chi connectivity index (χ0) is 15.8. The Kier molecular flexibility index (Phi) is 4.08. The van der Waals surface area contributed by atoms with Crippen LogP contribution >= 0.6 is 0 Å². The van der Waals surface area contributed by atoms with E-state index in [1.54, 1.807) is 13.8 Å². The van der Waals surface area contributed by atoms with Crippen molar-refractivity contribution >= 4 is 11.8 Å². The van der Waals surface area contributed by atoms with Crippen molar-refractivity contribution < 1.29 is 9.59 Å². The minimum atomic E-state index is -0.848. The monoisotopic (exact) mass is 288 g/mol. The lowest BCUT2D eigenvalue weighted by Gasteiger charge is -2.32. The molecule has 1 aliphatic heterocycles. The Morgan fingerprint density at radius 2 is 1.95 bits per heavy atom. The van der Waals surface area contributed by atoms with Crippen LogP contribution in [0.25, 0.3) is 0 Å². The molecule has 4 heteroatoms. The van der Waals surface area contributed by atoms with Crippen LogP contribution in [0.3, 0.4) is 0 Å². The number of nitrogens with zero attached hydrogens (tertiary/aromatic N) is 1. The topological polar surface area (TPSA) is 49.4 Å². The van der Waals surface area contributed by atoms with Gasteiger partial charge < -0.3 is 10.2 Å². The summed E-state index contributed by atoms with van der Waals surface area (Å²) in [6.07, 6.45) is 0.347. The molecule has 0 radical (unpaired) electrons. The van der Waals surface area contributed by atoms with E-state index < -0.39 is 5.54 Å². The molecule has 114 valence electrons. The van der Waals surface area contributed by atoms with Gasteiger partial charge in [-0.3, -0.25) is 9.59 Å². The number of hydrogen-bond acceptors (Lipinski definition) is 2. The van der Waals surface area contributed by atoms with Gasteiger partial charge in [-0.25, -0.2) is 0 Å². The van der Waals surface area contributed by atoms with E-state index in [-0.39, 0.29) is 17.9 Å². The Labute approximate surface area is 126 Å². The molecule has 1 unspecified atom stereocenters. The summed E-state index contributed by atoms with van der Waals surface area (Å²) in [7, 11) is 0. The lowest BCUT2D eigenvalue weighted by Crippen LogP contribution is -2.53. The van der Waals surface area contributed by atoms with Crippen molar-refractivity contribution in [2.24, 2.45) is 0 Å². The van der Waals surface area contributed by atoms with Crippen molar-refractivity contribution in [3.63, 3.8) is 0 Å². The molecular formula is C17H24N2O2. The minimum Gasteiger partial charge on any atom is -0.342 e. The average molecular weight is 288 g/mol. The number of hydrogen-bond donors (Lipinski definition) is 1. The van der Waals surface area contributed by atoms with Crippen LogP contribution in [0.1, 0.15) is 43.9 Å². The number of aryl methyl sites for hydroxylation is 2. The molecule has 2 rings (SSSR count). The van der Waals surface area contributed by atoms with Crippen molar-refractivity contribution in [1.29, 1.82) is 0 Å². The van der Waals surface area contributed by atoms with Crippen molar-refractivity contribution in [3.05, 3.63) is 34.9 Å². The molecule has 1 heterocycles. The molecule has 0 aromatic heterocycles. The van der Waals surface area contributed by atoms with Crippen molar-refractivity contribution in [2.75, 3.05) is 0 Å². The highest BCUT2D eigenvalue weighted by Crippen LogP contribution is 2.22. The van der Waals surface area contributed by atoms with Gasteiger partial charge in [-0.05, 0) is 45.7 Å². The lowest BCUT2D eigenvalue weighted by molar-refractivity contribution is -0.139. The summed E-state index contributed by atoms with van der Waals surface area (Å²) in [6, 6.07) is 6.16. The standard InChI is InChI=1S/C17H24N2O2/c1-11-6-7-12(2)14(8-11)10-19-13(3)9-15(20)18-17(4,5)16(19)21/h6-8,13H,9-10H2,1-5H3,(H,18,20). The molecule has 1 aromatic carbocycles. The molecule has 0 bridgehead atoms. The Hall–Kier alpha value is -1.84. The van der Waals surface area contributed by atoms with Crippen LogP contribution in [0.2, 0.25) is 0 Å². The normalized spacial score (nSPS) is 22.0. The molecule has 2 amide bonds. The van der Waals surface area contributed by atoms with E-state index in [0.717, 1.165) is 5.56 Å². The maximum atomic E-state index is 12.7. The summed E-state index contributed by atoms with van der Waals surface area (Å²) >= 11 is 0. The predicted molar refractivity (Wildman–Crippen MR) is 82.8 cm³/mol. The summed E-state index contributed by atoms with van der Waals surface area (Å²) in [5.41, 5.74) is 2.64. The summed E-state index contributed by atoms with van der Waals surface area (Å²) in [4.78, 5) is 26.4. The van der Waals surface area contributed by atoms with E-state index in [1.807, 2.05) is 18.7 Å². The van der Waals surface area contributed by atoms with Gasteiger partial charge >= 0.3 is 0 Å². The lowest BCUT2D eigenvalue weighted by atomic mass is 10.0. The Morgan fingerprint density at radius 3 is 2.62 bits per heavy atom. The quantitative estimate of drug-likeness (QED) is 0.908. The Balaban J connectivity index is 2.33. The first-order chi connectivity index (χ1) is 9.70. The largest absolute Gasteiger partial charge is 0.342 e. The molecule has 1 atom stereocenters. The number of nitrogens with one attached hydrogen (secondary N) is 1. The number of benzene rings is 1. The smallest absolute Gasteiger partial charge is 0.248 e. The molecule has 1 saturated heterocycles. The molecule has 4 nitrogen and oxygen atoms in total. The second-order valence-corrected chi connectivity index (χ2v) is 6.59. The van der Waals surface area contributed by atoms with Crippen LogP contribution < -0.4 is 5.32 Å². The summed E-state index contributed by atoms with van der Waals surface area (Å²) in [5.74, 6) is -0.0916. The van der Waals surface area contributed by atoms with Gasteiger partial charge in [-0.15, -0.1) is 0 Å². The summed E-state index contributed by atoms with van der Waals surface area (Å²) in [5, 5.41) is 2.81. The van der Waals surface area contributed by atoms with E-state index in [9.17, 15) is 9.59 Å². The van der Waals surface area contributed by atoms with Crippen molar-refractivity contribution in [1.82, 2.24) is 10.2 Å². The van der Waals surface area contributed by atoms with E-state index in [2.05, 4.69) is 30.4 Å². The Bertz CT molecular complexity index is 578. The molecule has 21 heavy (non-hydrogen) atoms. The van der Waals surface area contributed by atoms with Crippen LogP contribution in [0.15, 0.2) is 18.2 Å². The number of carbonyl (C=O) groups is 2. The van der Waals surface area contributed by atoms with Gasteiger partial charge in [-0.1, -0.05) is 23.8 Å². The van der Waals surface area contributed by atoms with Crippen LogP contribution in [0.5, 0.6) is 0 Å². The Morgan fingerprint density at radius 1 is 1.29 bits per heavy atom. The zero-order valence-corrected chi connectivity index (χ0v) is 13.5. The van der Waals surface area contributed by atoms with E-state index in [1.165, 1.54) is 11.1 Å². The molecule has 0 aliphatic carbocycles. The van der Waals surface area contributed by atoms with Gasteiger partial charge in [0.05, 0.1) is 0 Å². The highest BCUT2D eigenvalue weighted by atomic mass is 16.2. The van der Waals surface area contributed by atoms with Gasteiger partial charge in [0, 0.05) is 19.0 Å². The first-order valence-electron chi connectivity index (χ1n) is 7.39. The van der Waals surface area contributed by atoms with Crippen LogP contribution in [0.4, 0.5) is 0 Å². The fourth-order valence-electron chi connectivity index (χ4n) is 2.77. The van der Waals surface area contributed by atoms with Gasteiger partial charge in [0.25, 0.3) is 0 Å². The van der Waals surface area contributed by atoms with Gasteiger partial charge in [0.1, 0.15) is 5.54 Å². The third-order valence-electron chi connectivity index (χ3n) is 4.11. The zero-order valence-electron chi connectivity index (χ0n) is 13.5. The minimum absolute atomic E-state index is 0.0262. The SMILES string of the molecule is Cc1ccc(C)c(CN2C(=O)C(C)(C)NC(=O)CC2C)c1. The second kappa shape index (κ2) is 5.51. The van der Waals surface area contributed by atoms with Crippen LogP contribution in [-0.2, 0) is 16.1 Å². The van der Waals surface area contributed by atoms with E-state index >= 15 is 0 Å².